The van der Waals surface area contributed by atoms with Crippen LogP contribution in [0.4, 0.5) is 10.1 Å². The van der Waals surface area contributed by atoms with Gasteiger partial charge >= 0.3 is 0 Å². The molecule has 0 amide bonds. The van der Waals surface area contributed by atoms with Crippen LogP contribution in [0.25, 0.3) is 0 Å². The smallest absolute Gasteiger partial charge is 0.115 e. The van der Waals surface area contributed by atoms with Gasteiger partial charge in [-0.1, -0.05) is 12.1 Å². The summed E-state index contributed by atoms with van der Waals surface area (Å²) in [5, 5.41) is 0. The van der Waals surface area contributed by atoms with Gasteiger partial charge in [0.1, 0.15) is 5.67 Å². The van der Waals surface area contributed by atoms with Crippen LogP contribution in [0.5, 0.6) is 0 Å². The fourth-order valence-electron chi connectivity index (χ4n) is 1.81. The van der Waals surface area contributed by atoms with Crippen LogP contribution in [0.3, 0.4) is 0 Å². The van der Waals surface area contributed by atoms with Gasteiger partial charge in [-0.3, -0.25) is 0 Å². The molecular formula is C11H14FN. The third-order valence-electron chi connectivity index (χ3n) is 2.72. The maximum Gasteiger partial charge on any atom is 0.115 e. The predicted molar refractivity (Wildman–Crippen MR) is 52.2 cm³/mol. The third-order valence-corrected chi connectivity index (χ3v) is 2.72. The van der Waals surface area contributed by atoms with E-state index in [9.17, 15) is 4.39 Å². The van der Waals surface area contributed by atoms with Gasteiger partial charge in [-0.15, -0.1) is 0 Å². The highest BCUT2D eigenvalue weighted by Crippen LogP contribution is 2.38. The van der Waals surface area contributed by atoms with E-state index in [1.807, 2.05) is 24.3 Å². The lowest BCUT2D eigenvalue weighted by Gasteiger charge is -2.33. The van der Waals surface area contributed by atoms with Gasteiger partial charge in [-0.05, 0) is 37.0 Å². The highest BCUT2D eigenvalue weighted by molar-refractivity contribution is 5.41. The Morgan fingerprint density at radius 1 is 1.38 bits per heavy atom. The number of nitrogen functional groups attached to an aromatic ring is 1. The molecule has 13 heavy (non-hydrogen) atoms. The normalized spacial score (nSPS) is 19.5. The molecule has 0 spiro atoms. The number of hydrogen-bond acceptors (Lipinski definition) is 1. The van der Waals surface area contributed by atoms with Crippen LogP contribution in [0.1, 0.15) is 24.8 Å². The second-order valence-corrected chi connectivity index (χ2v) is 3.93. The van der Waals surface area contributed by atoms with E-state index in [-0.39, 0.29) is 0 Å². The molecule has 1 fully saturated rings. The molecule has 0 bridgehead atoms. The lowest BCUT2D eigenvalue weighted by molar-refractivity contribution is 0.0642. The van der Waals surface area contributed by atoms with Crippen molar-refractivity contribution in [1.82, 2.24) is 0 Å². The average molecular weight is 179 g/mol. The molecule has 1 saturated carbocycles. The molecule has 1 nitrogen and oxygen atoms in total. The molecule has 2 rings (SSSR count). The van der Waals surface area contributed by atoms with Gasteiger partial charge in [-0.25, -0.2) is 4.39 Å². The monoisotopic (exact) mass is 179 g/mol. The molecule has 1 aromatic rings. The van der Waals surface area contributed by atoms with Crippen molar-refractivity contribution in [3.63, 3.8) is 0 Å². The third kappa shape index (κ3) is 1.82. The molecule has 70 valence electrons. The van der Waals surface area contributed by atoms with Crippen molar-refractivity contribution in [2.24, 2.45) is 0 Å². The quantitative estimate of drug-likeness (QED) is 0.694. The Kier molecular flexibility index (Phi) is 1.98. The minimum absolute atomic E-state index is 0.526. The number of rotatable bonds is 2. The Balaban J connectivity index is 2.09. The van der Waals surface area contributed by atoms with Crippen LogP contribution in [-0.4, -0.2) is 5.67 Å². The first-order valence-electron chi connectivity index (χ1n) is 4.71. The lowest BCUT2D eigenvalue weighted by atomic mass is 9.78. The number of anilines is 1. The van der Waals surface area contributed by atoms with E-state index in [0.717, 1.165) is 17.7 Å². The summed E-state index contributed by atoms with van der Waals surface area (Å²) in [6, 6.07) is 7.51. The molecule has 1 aromatic carbocycles. The molecule has 0 unspecified atom stereocenters. The van der Waals surface area contributed by atoms with Crippen LogP contribution < -0.4 is 5.73 Å². The summed E-state index contributed by atoms with van der Waals surface area (Å²) in [4.78, 5) is 0. The van der Waals surface area contributed by atoms with Gasteiger partial charge in [-0.2, -0.15) is 0 Å². The largest absolute Gasteiger partial charge is 0.399 e. The van der Waals surface area contributed by atoms with Gasteiger partial charge in [0.25, 0.3) is 0 Å². The fraction of sp³-hybridized carbons (Fsp3) is 0.455. The van der Waals surface area contributed by atoms with Crippen molar-refractivity contribution in [3.8, 4) is 0 Å². The Bertz CT molecular complexity index is 305. The van der Waals surface area contributed by atoms with Crippen LogP contribution in [0, 0.1) is 0 Å². The van der Waals surface area contributed by atoms with E-state index in [0.29, 0.717) is 19.3 Å². The summed E-state index contributed by atoms with van der Waals surface area (Å²) < 4.78 is 13.7. The van der Waals surface area contributed by atoms with Crippen LogP contribution in [0.2, 0.25) is 0 Å². The molecule has 2 N–H and O–H groups in total. The van der Waals surface area contributed by atoms with E-state index in [4.69, 9.17) is 5.73 Å². The van der Waals surface area contributed by atoms with Crippen LogP contribution in [-0.2, 0) is 6.42 Å². The van der Waals surface area contributed by atoms with Gasteiger partial charge < -0.3 is 5.73 Å². The number of nitrogens with two attached hydrogens (primary N) is 1. The van der Waals surface area contributed by atoms with E-state index in [1.165, 1.54) is 0 Å². The molecular weight excluding hydrogens is 165 g/mol. The SMILES string of the molecule is Nc1cccc(CC2(F)CCC2)c1. The molecule has 1 aliphatic rings. The van der Waals surface area contributed by atoms with Gasteiger partial charge in [0, 0.05) is 12.1 Å². The first-order chi connectivity index (χ1) is 6.18. The number of hydrogen-bond donors (Lipinski definition) is 1. The second kappa shape index (κ2) is 3.02. The molecule has 0 saturated heterocycles. The van der Waals surface area contributed by atoms with Gasteiger partial charge in [0.15, 0.2) is 0 Å². The van der Waals surface area contributed by atoms with Crippen LogP contribution >= 0.6 is 0 Å². The highest BCUT2D eigenvalue weighted by Gasteiger charge is 2.36. The summed E-state index contributed by atoms with van der Waals surface area (Å²) >= 11 is 0. The topological polar surface area (TPSA) is 26.0 Å². The standard InChI is InChI=1S/C11H14FN/c12-11(5-2-6-11)8-9-3-1-4-10(13)7-9/h1,3-4,7H,2,5-6,8,13H2. The Hall–Kier alpha value is -1.05. The Morgan fingerprint density at radius 2 is 2.15 bits per heavy atom. The minimum Gasteiger partial charge on any atom is -0.399 e. The Morgan fingerprint density at radius 3 is 2.69 bits per heavy atom. The molecule has 1 aliphatic carbocycles. The van der Waals surface area contributed by atoms with Crippen LogP contribution in [0.15, 0.2) is 24.3 Å². The molecule has 2 heteroatoms. The molecule has 0 radical (unpaired) electrons. The molecule has 0 atom stereocenters. The zero-order valence-electron chi connectivity index (χ0n) is 7.59. The number of halogens is 1. The number of alkyl halides is 1. The average Bonchev–Trinajstić information content (AvgIpc) is 2.01. The number of benzene rings is 1. The van der Waals surface area contributed by atoms with Gasteiger partial charge in [0.2, 0.25) is 0 Å². The molecule has 0 aromatic heterocycles. The van der Waals surface area contributed by atoms with Crippen molar-refractivity contribution in [3.05, 3.63) is 29.8 Å². The predicted octanol–water partition coefficient (Wildman–Crippen LogP) is 2.70. The summed E-state index contributed by atoms with van der Waals surface area (Å²) in [5.74, 6) is 0. The van der Waals surface area contributed by atoms with Crippen molar-refractivity contribution in [2.45, 2.75) is 31.4 Å². The molecule has 0 heterocycles. The van der Waals surface area contributed by atoms with Crippen molar-refractivity contribution >= 4 is 5.69 Å². The maximum atomic E-state index is 13.7. The summed E-state index contributed by atoms with van der Waals surface area (Å²) in [5.41, 5.74) is 6.42. The first-order valence-corrected chi connectivity index (χ1v) is 4.71. The van der Waals surface area contributed by atoms with Crippen molar-refractivity contribution in [2.75, 3.05) is 5.73 Å². The Labute approximate surface area is 77.8 Å². The van der Waals surface area contributed by atoms with Crippen molar-refractivity contribution in [1.29, 1.82) is 0 Å². The summed E-state index contributed by atoms with van der Waals surface area (Å²) in [6.07, 6.45) is 2.97. The maximum absolute atomic E-state index is 13.7. The van der Waals surface area contributed by atoms with E-state index in [2.05, 4.69) is 0 Å². The summed E-state index contributed by atoms with van der Waals surface area (Å²) in [6.45, 7) is 0. The van der Waals surface area contributed by atoms with Gasteiger partial charge in [0.05, 0.1) is 0 Å². The van der Waals surface area contributed by atoms with Crippen molar-refractivity contribution < 1.29 is 4.39 Å². The second-order valence-electron chi connectivity index (χ2n) is 3.93. The summed E-state index contributed by atoms with van der Waals surface area (Å²) in [7, 11) is 0. The lowest BCUT2D eigenvalue weighted by Crippen LogP contribution is -2.34. The van der Waals surface area contributed by atoms with E-state index in [1.54, 1.807) is 0 Å². The zero-order valence-corrected chi connectivity index (χ0v) is 7.59. The van der Waals surface area contributed by atoms with E-state index >= 15 is 0 Å². The first kappa shape index (κ1) is 8.54. The minimum atomic E-state index is -0.937. The fourth-order valence-corrected chi connectivity index (χ4v) is 1.81. The highest BCUT2D eigenvalue weighted by atomic mass is 19.1. The van der Waals surface area contributed by atoms with E-state index < -0.39 is 5.67 Å². The zero-order chi connectivity index (χ0) is 9.31. The molecule has 0 aliphatic heterocycles.